The molecule has 0 saturated heterocycles. The molecule has 0 amide bonds. The molecule has 0 aliphatic heterocycles. The van der Waals surface area contributed by atoms with Crippen LogP contribution in [0.25, 0.3) is 0 Å². The summed E-state index contributed by atoms with van der Waals surface area (Å²) >= 11 is 0. The van der Waals surface area contributed by atoms with Gasteiger partial charge in [0.05, 0.1) is 14.7 Å². The highest BCUT2D eigenvalue weighted by molar-refractivity contribution is 6.76. The number of allylic oxidation sites excluding steroid dienone is 2. The van der Waals surface area contributed by atoms with Crippen LogP contribution in [-0.2, 0) is 4.74 Å². The molecule has 0 saturated carbocycles. The maximum Gasteiger partial charge on any atom is 0.0746 e. The van der Waals surface area contributed by atoms with Crippen LogP contribution in [0.3, 0.4) is 0 Å². The van der Waals surface area contributed by atoms with E-state index in [2.05, 4.69) is 38.4 Å². The zero-order valence-electron chi connectivity index (χ0n) is 9.88. The summed E-state index contributed by atoms with van der Waals surface area (Å²) in [5, 5.41) is 0. The molecule has 0 fully saturated rings. The first-order valence-corrected chi connectivity index (χ1v) is 9.10. The lowest BCUT2D eigenvalue weighted by atomic mass is 10.2. The summed E-state index contributed by atoms with van der Waals surface area (Å²) in [5.74, 6) is 0. The van der Waals surface area contributed by atoms with E-state index in [0.717, 1.165) is 25.7 Å². The second kappa shape index (κ2) is 8.01. The van der Waals surface area contributed by atoms with Crippen molar-refractivity contribution in [2.75, 3.05) is 12.8 Å². The minimum Gasteiger partial charge on any atom is -0.381 e. The van der Waals surface area contributed by atoms with Gasteiger partial charge >= 0.3 is 0 Å². The first-order valence-electron chi connectivity index (χ1n) is 5.40. The average molecular weight is 212 g/mol. The fourth-order valence-electron chi connectivity index (χ4n) is 0.999. The molecule has 0 N–H and O–H groups in total. The highest BCUT2D eigenvalue weighted by Gasteiger charge is 2.11. The second-order valence-corrected chi connectivity index (χ2v) is 10.2. The van der Waals surface area contributed by atoms with Crippen molar-refractivity contribution in [1.82, 2.24) is 0 Å². The van der Waals surface area contributed by atoms with Crippen molar-refractivity contribution < 1.29 is 4.74 Å². The zero-order valence-corrected chi connectivity index (χ0v) is 10.9. The molecule has 1 nitrogen and oxygen atoms in total. The summed E-state index contributed by atoms with van der Waals surface area (Å²) in [5.41, 5.74) is 0. The number of hydrogen-bond acceptors (Lipinski definition) is 1. The Bertz CT molecular complexity index is 168. The summed E-state index contributed by atoms with van der Waals surface area (Å²) in [4.78, 5) is 0. The van der Waals surface area contributed by atoms with Gasteiger partial charge in [-0.2, -0.15) is 0 Å². The Balaban J connectivity index is 3.23. The molecule has 0 bridgehead atoms. The largest absolute Gasteiger partial charge is 0.381 e. The van der Waals surface area contributed by atoms with Gasteiger partial charge in [0, 0.05) is 6.23 Å². The van der Waals surface area contributed by atoms with E-state index in [9.17, 15) is 0 Å². The molecule has 0 heterocycles. The molecule has 2 heteroatoms. The molecule has 0 aliphatic rings. The minimum absolute atomic E-state index is 0.776. The van der Waals surface area contributed by atoms with Crippen molar-refractivity contribution >= 4 is 8.07 Å². The highest BCUT2D eigenvalue weighted by Crippen LogP contribution is 2.01. The Kier molecular flexibility index (Phi) is 7.81. The van der Waals surface area contributed by atoms with Gasteiger partial charge in [-0.15, -0.1) is 6.58 Å². The van der Waals surface area contributed by atoms with Gasteiger partial charge < -0.3 is 4.74 Å². The summed E-state index contributed by atoms with van der Waals surface area (Å²) in [6, 6.07) is 0. The molecule has 0 aromatic heterocycles. The Labute approximate surface area is 89.9 Å². The smallest absolute Gasteiger partial charge is 0.0746 e. The standard InChI is InChI=1S/C12H24OSi/c1-5-6-7-8-9-10-11-13-12-14(2,3)4/h5,9-10H,1,6-8,11-12H2,2-4H3/b10-9+. The average Bonchev–Trinajstić information content (AvgIpc) is 2.08. The molecule has 0 aromatic carbocycles. The minimum atomic E-state index is -1.01. The fourth-order valence-corrected chi connectivity index (χ4v) is 1.73. The molecule has 0 spiro atoms. The molecule has 0 aromatic rings. The van der Waals surface area contributed by atoms with Crippen LogP contribution in [0.2, 0.25) is 19.6 Å². The van der Waals surface area contributed by atoms with E-state index < -0.39 is 8.07 Å². The first-order chi connectivity index (χ1) is 6.56. The van der Waals surface area contributed by atoms with Crippen LogP contribution in [0, 0.1) is 0 Å². The molecular formula is C12H24OSi. The van der Waals surface area contributed by atoms with E-state index in [1.54, 1.807) is 0 Å². The lowest BCUT2D eigenvalue weighted by Gasteiger charge is -2.14. The van der Waals surface area contributed by atoms with Crippen LogP contribution >= 0.6 is 0 Å². The van der Waals surface area contributed by atoms with Crippen molar-refractivity contribution in [3.05, 3.63) is 24.8 Å². The van der Waals surface area contributed by atoms with E-state index in [0.29, 0.717) is 0 Å². The Hall–Kier alpha value is -0.343. The maximum atomic E-state index is 5.56. The number of unbranched alkanes of at least 4 members (excludes halogenated alkanes) is 2. The molecule has 0 unspecified atom stereocenters. The topological polar surface area (TPSA) is 9.23 Å². The van der Waals surface area contributed by atoms with Crippen LogP contribution in [0.5, 0.6) is 0 Å². The van der Waals surface area contributed by atoms with E-state index in [-0.39, 0.29) is 0 Å². The normalized spacial score (nSPS) is 12.2. The van der Waals surface area contributed by atoms with Crippen molar-refractivity contribution in [1.29, 1.82) is 0 Å². The SMILES string of the molecule is C=CCCC/C=C/COC[Si](C)(C)C. The van der Waals surface area contributed by atoms with Crippen LogP contribution in [0.1, 0.15) is 19.3 Å². The first kappa shape index (κ1) is 13.7. The second-order valence-electron chi connectivity index (χ2n) is 4.77. The van der Waals surface area contributed by atoms with Gasteiger partial charge in [-0.1, -0.05) is 37.9 Å². The van der Waals surface area contributed by atoms with E-state index in [4.69, 9.17) is 4.74 Å². The van der Waals surface area contributed by atoms with E-state index in [1.807, 2.05) is 6.08 Å². The van der Waals surface area contributed by atoms with Gasteiger partial charge in [0.1, 0.15) is 0 Å². The van der Waals surface area contributed by atoms with Gasteiger partial charge in [-0.05, 0) is 19.3 Å². The predicted molar refractivity (Wildman–Crippen MR) is 67.4 cm³/mol. The van der Waals surface area contributed by atoms with Gasteiger partial charge in [-0.3, -0.25) is 0 Å². The molecule has 0 radical (unpaired) electrons. The number of ether oxygens (including phenoxy) is 1. The third kappa shape index (κ3) is 11.7. The quantitative estimate of drug-likeness (QED) is 0.338. The van der Waals surface area contributed by atoms with Gasteiger partial charge in [0.25, 0.3) is 0 Å². The van der Waals surface area contributed by atoms with Crippen LogP contribution < -0.4 is 0 Å². The molecule has 14 heavy (non-hydrogen) atoms. The summed E-state index contributed by atoms with van der Waals surface area (Å²) in [7, 11) is -1.01. The molecule has 0 aliphatic carbocycles. The molecule has 0 rings (SSSR count). The van der Waals surface area contributed by atoms with Gasteiger partial charge in [0.15, 0.2) is 0 Å². The monoisotopic (exact) mass is 212 g/mol. The van der Waals surface area contributed by atoms with Gasteiger partial charge in [0.2, 0.25) is 0 Å². The number of hydrogen-bond donors (Lipinski definition) is 0. The van der Waals surface area contributed by atoms with Crippen molar-refractivity contribution in [2.24, 2.45) is 0 Å². The Morgan fingerprint density at radius 2 is 1.86 bits per heavy atom. The van der Waals surface area contributed by atoms with Crippen LogP contribution in [0.4, 0.5) is 0 Å². The third-order valence-electron chi connectivity index (χ3n) is 1.69. The summed E-state index contributed by atoms with van der Waals surface area (Å²) in [6.07, 6.45) is 10.7. The predicted octanol–water partition coefficient (Wildman–Crippen LogP) is 3.79. The highest BCUT2D eigenvalue weighted by atomic mass is 28.3. The van der Waals surface area contributed by atoms with E-state index >= 15 is 0 Å². The maximum absolute atomic E-state index is 5.56. The summed E-state index contributed by atoms with van der Waals surface area (Å²) in [6.45, 7) is 11.4. The van der Waals surface area contributed by atoms with Gasteiger partial charge in [-0.25, -0.2) is 0 Å². The lowest BCUT2D eigenvalue weighted by Crippen LogP contribution is -2.28. The van der Waals surface area contributed by atoms with Crippen molar-refractivity contribution in [3.63, 3.8) is 0 Å². The Morgan fingerprint density at radius 1 is 1.14 bits per heavy atom. The molecule has 82 valence electrons. The fraction of sp³-hybridized carbons (Fsp3) is 0.667. The van der Waals surface area contributed by atoms with Crippen LogP contribution in [0.15, 0.2) is 24.8 Å². The molecule has 0 atom stereocenters. The van der Waals surface area contributed by atoms with Crippen molar-refractivity contribution in [2.45, 2.75) is 38.9 Å². The third-order valence-corrected chi connectivity index (χ3v) is 2.77. The van der Waals surface area contributed by atoms with E-state index in [1.165, 1.54) is 6.42 Å². The number of rotatable bonds is 8. The zero-order chi connectivity index (χ0) is 10.9. The van der Waals surface area contributed by atoms with Crippen LogP contribution in [-0.4, -0.2) is 20.9 Å². The Morgan fingerprint density at radius 3 is 2.43 bits per heavy atom. The summed E-state index contributed by atoms with van der Waals surface area (Å²) < 4.78 is 5.56. The van der Waals surface area contributed by atoms with Crippen molar-refractivity contribution in [3.8, 4) is 0 Å². The lowest BCUT2D eigenvalue weighted by molar-refractivity contribution is 0.205. The molecular weight excluding hydrogens is 188 g/mol.